The SMILES string of the molecule is CC(C(=O)Nc1c(F)c(F)c(F)c(F)c1F)c1cccc(Oc2ccccc2)c1. The lowest BCUT2D eigenvalue weighted by atomic mass is 10.00. The first kappa shape index (κ1) is 20.3. The van der Waals surface area contributed by atoms with E-state index in [-0.39, 0.29) is 0 Å². The molecular formula is C21H14F5NO2. The highest BCUT2D eigenvalue weighted by Gasteiger charge is 2.28. The predicted octanol–water partition coefficient (Wildman–Crippen LogP) is 5.92. The molecule has 3 nitrogen and oxygen atoms in total. The van der Waals surface area contributed by atoms with Gasteiger partial charge in [-0.2, -0.15) is 0 Å². The first-order chi connectivity index (χ1) is 13.8. The zero-order chi connectivity index (χ0) is 21.1. The van der Waals surface area contributed by atoms with Crippen LogP contribution in [-0.2, 0) is 4.79 Å². The Labute approximate surface area is 162 Å². The number of amides is 1. The molecular weight excluding hydrogens is 393 g/mol. The average molecular weight is 407 g/mol. The summed E-state index contributed by atoms with van der Waals surface area (Å²) in [5, 5.41) is 1.78. The van der Waals surface area contributed by atoms with Crippen molar-refractivity contribution in [2.45, 2.75) is 12.8 Å². The molecule has 0 aliphatic carbocycles. The Kier molecular flexibility index (Phi) is 5.81. The molecule has 1 N–H and O–H groups in total. The average Bonchev–Trinajstić information content (AvgIpc) is 2.74. The fourth-order valence-corrected chi connectivity index (χ4v) is 2.57. The van der Waals surface area contributed by atoms with E-state index in [1.807, 2.05) is 6.07 Å². The van der Waals surface area contributed by atoms with Crippen molar-refractivity contribution in [1.29, 1.82) is 0 Å². The summed E-state index contributed by atoms with van der Waals surface area (Å²) in [6.07, 6.45) is 0. The number of rotatable bonds is 5. The molecule has 0 aliphatic rings. The van der Waals surface area contributed by atoms with Gasteiger partial charge in [0.15, 0.2) is 23.3 Å². The molecule has 0 fully saturated rings. The Morgan fingerprint density at radius 2 is 1.34 bits per heavy atom. The summed E-state index contributed by atoms with van der Waals surface area (Å²) in [4.78, 5) is 12.4. The Balaban J connectivity index is 1.82. The molecule has 3 aromatic rings. The minimum Gasteiger partial charge on any atom is -0.457 e. The van der Waals surface area contributed by atoms with Crippen LogP contribution >= 0.6 is 0 Å². The zero-order valence-corrected chi connectivity index (χ0v) is 15.0. The summed E-state index contributed by atoms with van der Waals surface area (Å²) < 4.78 is 73.0. The van der Waals surface area contributed by atoms with Gasteiger partial charge in [0.1, 0.15) is 17.2 Å². The van der Waals surface area contributed by atoms with E-state index in [1.54, 1.807) is 47.8 Å². The first-order valence-electron chi connectivity index (χ1n) is 8.44. The van der Waals surface area contributed by atoms with Gasteiger partial charge < -0.3 is 10.1 Å². The number of ether oxygens (including phenoxy) is 1. The molecule has 1 atom stereocenters. The van der Waals surface area contributed by atoms with Gasteiger partial charge in [-0.3, -0.25) is 4.79 Å². The maximum atomic E-state index is 13.8. The van der Waals surface area contributed by atoms with E-state index >= 15 is 0 Å². The topological polar surface area (TPSA) is 38.3 Å². The Morgan fingerprint density at radius 1 is 0.793 bits per heavy atom. The van der Waals surface area contributed by atoms with E-state index < -0.39 is 46.6 Å². The Bertz CT molecular complexity index is 1030. The van der Waals surface area contributed by atoms with Gasteiger partial charge in [-0.15, -0.1) is 0 Å². The second-order valence-electron chi connectivity index (χ2n) is 6.14. The van der Waals surface area contributed by atoms with E-state index in [4.69, 9.17) is 4.74 Å². The number of halogens is 5. The monoisotopic (exact) mass is 407 g/mol. The molecule has 3 rings (SSSR count). The molecule has 3 aromatic carbocycles. The van der Waals surface area contributed by atoms with E-state index in [0.717, 1.165) is 0 Å². The summed E-state index contributed by atoms with van der Waals surface area (Å²) in [5.74, 6) is -11.7. The molecule has 1 unspecified atom stereocenters. The number of carbonyl (C=O) groups excluding carboxylic acids is 1. The molecule has 0 heterocycles. The smallest absolute Gasteiger partial charge is 0.231 e. The highest BCUT2D eigenvalue weighted by atomic mass is 19.2. The molecule has 29 heavy (non-hydrogen) atoms. The largest absolute Gasteiger partial charge is 0.457 e. The molecule has 8 heteroatoms. The number of nitrogens with one attached hydrogen (secondary N) is 1. The van der Waals surface area contributed by atoms with Gasteiger partial charge in [0.05, 0.1) is 5.92 Å². The number of carbonyl (C=O) groups is 1. The predicted molar refractivity (Wildman–Crippen MR) is 96.2 cm³/mol. The Morgan fingerprint density at radius 3 is 1.97 bits per heavy atom. The van der Waals surface area contributed by atoms with E-state index in [0.29, 0.717) is 17.1 Å². The lowest BCUT2D eigenvalue weighted by molar-refractivity contribution is -0.117. The maximum Gasteiger partial charge on any atom is 0.231 e. The number of anilines is 1. The normalized spacial score (nSPS) is 11.8. The minimum atomic E-state index is -2.29. The highest BCUT2D eigenvalue weighted by molar-refractivity contribution is 5.95. The van der Waals surface area contributed by atoms with E-state index in [1.165, 1.54) is 13.0 Å². The fourth-order valence-electron chi connectivity index (χ4n) is 2.57. The summed E-state index contributed by atoms with van der Waals surface area (Å²) in [6, 6.07) is 15.2. The highest BCUT2D eigenvalue weighted by Crippen LogP contribution is 2.30. The summed E-state index contributed by atoms with van der Waals surface area (Å²) >= 11 is 0. The van der Waals surface area contributed by atoms with E-state index in [2.05, 4.69) is 0 Å². The lowest BCUT2D eigenvalue weighted by Gasteiger charge is -2.15. The molecule has 150 valence electrons. The number of hydrogen-bond acceptors (Lipinski definition) is 2. The fraction of sp³-hybridized carbons (Fsp3) is 0.0952. The van der Waals surface area contributed by atoms with Crippen LogP contribution in [0.5, 0.6) is 11.5 Å². The van der Waals surface area contributed by atoms with Gasteiger partial charge in [-0.1, -0.05) is 30.3 Å². The quantitative estimate of drug-likeness (QED) is 0.324. The van der Waals surface area contributed by atoms with Gasteiger partial charge in [-0.05, 0) is 36.8 Å². The van der Waals surface area contributed by atoms with Crippen LogP contribution in [0.3, 0.4) is 0 Å². The van der Waals surface area contributed by atoms with Crippen LogP contribution in [0.2, 0.25) is 0 Å². The maximum absolute atomic E-state index is 13.8. The van der Waals surface area contributed by atoms with Crippen molar-refractivity contribution >= 4 is 11.6 Å². The van der Waals surface area contributed by atoms with Crippen LogP contribution in [0.15, 0.2) is 54.6 Å². The zero-order valence-electron chi connectivity index (χ0n) is 15.0. The molecule has 1 amide bonds. The number of para-hydroxylation sites is 1. The first-order valence-corrected chi connectivity index (χ1v) is 8.44. The van der Waals surface area contributed by atoms with Crippen LogP contribution in [0.1, 0.15) is 18.4 Å². The van der Waals surface area contributed by atoms with Crippen LogP contribution in [0.25, 0.3) is 0 Å². The van der Waals surface area contributed by atoms with Crippen molar-refractivity contribution in [3.63, 3.8) is 0 Å². The van der Waals surface area contributed by atoms with Gasteiger partial charge in [0.2, 0.25) is 11.7 Å². The molecule has 0 saturated carbocycles. The van der Waals surface area contributed by atoms with Crippen LogP contribution in [-0.4, -0.2) is 5.91 Å². The molecule has 0 radical (unpaired) electrons. The summed E-state index contributed by atoms with van der Waals surface area (Å²) in [5.41, 5.74) is -0.977. The van der Waals surface area contributed by atoms with E-state index in [9.17, 15) is 26.7 Å². The lowest BCUT2D eigenvalue weighted by Crippen LogP contribution is -2.21. The molecule has 0 saturated heterocycles. The van der Waals surface area contributed by atoms with Crippen molar-refractivity contribution in [3.05, 3.63) is 89.2 Å². The Hall–Kier alpha value is -3.42. The summed E-state index contributed by atoms with van der Waals surface area (Å²) in [6.45, 7) is 1.42. The van der Waals surface area contributed by atoms with Crippen molar-refractivity contribution in [2.75, 3.05) is 5.32 Å². The third-order valence-corrected chi connectivity index (χ3v) is 4.19. The molecule has 0 aliphatic heterocycles. The van der Waals surface area contributed by atoms with Gasteiger partial charge in [0, 0.05) is 0 Å². The van der Waals surface area contributed by atoms with Gasteiger partial charge in [0.25, 0.3) is 0 Å². The van der Waals surface area contributed by atoms with Gasteiger partial charge in [-0.25, -0.2) is 22.0 Å². The summed E-state index contributed by atoms with van der Waals surface area (Å²) in [7, 11) is 0. The number of benzene rings is 3. The third-order valence-electron chi connectivity index (χ3n) is 4.19. The second-order valence-corrected chi connectivity index (χ2v) is 6.14. The van der Waals surface area contributed by atoms with Crippen molar-refractivity contribution in [3.8, 4) is 11.5 Å². The molecule has 0 spiro atoms. The number of hydrogen-bond donors (Lipinski definition) is 1. The standard InChI is InChI=1S/C21H14F5NO2/c1-11(12-6-5-9-14(10-12)29-13-7-3-2-4-8-13)21(28)27-20-18(25)16(23)15(22)17(24)19(20)26/h2-11H,1H3,(H,27,28). The van der Waals surface area contributed by atoms with Crippen molar-refractivity contribution in [2.24, 2.45) is 0 Å². The second kappa shape index (κ2) is 8.30. The van der Waals surface area contributed by atoms with Crippen LogP contribution in [0, 0.1) is 29.1 Å². The van der Waals surface area contributed by atoms with Crippen LogP contribution in [0.4, 0.5) is 27.6 Å². The van der Waals surface area contributed by atoms with Crippen molar-refractivity contribution < 1.29 is 31.5 Å². The van der Waals surface area contributed by atoms with Crippen LogP contribution < -0.4 is 10.1 Å². The van der Waals surface area contributed by atoms with Gasteiger partial charge >= 0.3 is 0 Å². The van der Waals surface area contributed by atoms with Crippen molar-refractivity contribution in [1.82, 2.24) is 0 Å². The minimum absolute atomic E-state index is 0.407. The molecule has 0 aromatic heterocycles. The molecule has 0 bridgehead atoms. The third kappa shape index (κ3) is 4.21.